The largest absolute Gasteiger partial charge is 0.465 e. The Morgan fingerprint density at radius 1 is 1.11 bits per heavy atom. The van der Waals surface area contributed by atoms with Crippen molar-refractivity contribution in [2.45, 2.75) is 51.2 Å². The number of pyridine rings is 1. The first kappa shape index (κ1) is 27.0. The first-order valence-electron chi connectivity index (χ1n) is 12.0. The number of rotatable bonds is 6. The molecule has 1 unspecified atom stereocenters. The predicted molar refractivity (Wildman–Crippen MR) is 135 cm³/mol. The van der Waals surface area contributed by atoms with Crippen molar-refractivity contribution in [3.05, 3.63) is 71.6 Å². The maximum absolute atomic E-state index is 15.0. The number of anilines is 1. The van der Waals surface area contributed by atoms with Gasteiger partial charge in [-0.3, -0.25) is 14.7 Å². The molecule has 1 fully saturated rings. The maximum Gasteiger partial charge on any atom is 0.413 e. The van der Waals surface area contributed by atoms with Gasteiger partial charge < -0.3 is 10.4 Å². The van der Waals surface area contributed by atoms with Crippen molar-refractivity contribution >= 4 is 17.8 Å². The second kappa shape index (κ2) is 10.0. The van der Waals surface area contributed by atoms with Crippen molar-refractivity contribution < 1.29 is 27.9 Å². The van der Waals surface area contributed by atoms with Gasteiger partial charge in [0.25, 0.3) is 5.91 Å². The van der Waals surface area contributed by atoms with Crippen LogP contribution >= 0.6 is 0 Å². The highest BCUT2D eigenvalue weighted by atomic mass is 19.1. The summed E-state index contributed by atoms with van der Waals surface area (Å²) in [6.07, 6.45) is -1.48. The SMILES string of the molecule is CNC(=O)c1ccc(F)c(-c2ccc(N(C(=O)O)C(C(C)(C)C)C3(c4ncccc4F)CC(F)C3)nn2)c1. The summed E-state index contributed by atoms with van der Waals surface area (Å²) in [5.74, 6) is -1.80. The van der Waals surface area contributed by atoms with Crippen LogP contribution in [0.4, 0.5) is 23.8 Å². The van der Waals surface area contributed by atoms with Crippen LogP contribution in [0.2, 0.25) is 0 Å². The molecule has 1 aromatic carbocycles. The third kappa shape index (κ3) is 4.80. The molecule has 1 aliphatic carbocycles. The molecule has 0 saturated heterocycles. The molecular formula is C27H28F3N5O3. The number of nitrogens with zero attached hydrogens (tertiary/aromatic N) is 4. The average molecular weight is 528 g/mol. The van der Waals surface area contributed by atoms with E-state index in [0.29, 0.717) is 0 Å². The van der Waals surface area contributed by atoms with E-state index in [0.717, 1.165) is 11.0 Å². The molecule has 0 bridgehead atoms. The zero-order valence-corrected chi connectivity index (χ0v) is 21.4. The Labute approximate surface area is 217 Å². The van der Waals surface area contributed by atoms with Gasteiger partial charge in [-0.15, -0.1) is 10.2 Å². The van der Waals surface area contributed by atoms with Crippen LogP contribution in [0.5, 0.6) is 0 Å². The molecule has 2 heterocycles. The number of halogens is 3. The van der Waals surface area contributed by atoms with E-state index in [4.69, 9.17) is 0 Å². The van der Waals surface area contributed by atoms with Gasteiger partial charge in [-0.05, 0) is 60.7 Å². The molecule has 1 aliphatic rings. The summed E-state index contributed by atoms with van der Waals surface area (Å²) in [7, 11) is 1.45. The first-order valence-corrected chi connectivity index (χ1v) is 12.0. The number of carboxylic acid groups (broad SMARTS) is 1. The first-order chi connectivity index (χ1) is 17.9. The highest BCUT2D eigenvalue weighted by Crippen LogP contribution is 2.54. The fourth-order valence-corrected chi connectivity index (χ4v) is 5.44. The van der Waals surface area contributed by atoms with E-state index in [1.54, 1.807) is 20.8 Å². The molecule has 1 atom stereocenters. The Kier molecular flexibility index (Phi) is 7.14. The predicted octanol–water partition coefficient (Wildman–Crippen LogP) is 5.15. The highest BCUT2D eigenvalue weighted by molar-refractivity contribution is 5.95. The molecule has 38 heavy (non-hydrogen) atoms. The van der Waals surface area contributed by atoms with E-state index in [9.17, 15) is 27.9 Å². The molecule has 1 saturated carbocycles. The fraction of sp³-hybridized carbons (Fsp3) is 0.370. The molecule has 11 heteroatoms. The zero-order valence-electron chi connectivity index (χ0n) is 21.4. The molecule has 8 nitrogen and oxygen atoms in total. The molecule has 3 aromatic rings. The quantitative estimate of drug-likeness (QED) is 0.459. The lowest BCUT2D eigenvalue weighted by molar-refractivity contribution is 0.0270. The van der Waals surface area contributed by atoms with E-state index in [-0.39, 0.29) is 41.2 Å². The number of amides is 2. The molecule has 2 amide bonds. The van der Waals surface area contributed by atoms with Crippen LogP contribution in [-0.4, -0.2) is 51.5 Å². The minimum Gasteiger partial charge on any atom is -0.465 e. The second-order valence-corrected chi connectivity index (χ2v) is 10.5. The minimum atomic E-state index is -1.39. The van der Waals surface area contributed by atoms with E-state index >= 15 is 0 Å². The number of aromatic nitrogens is 3. The molecule has 200 valence electrons. The van der Waals surface area contributed by atoms with E-state index in [2.05, 4.69) is 20.5 Å². The number of hydrogen-bond donors (Lipinski definition) is 2. The van der Waals surface area contributed by atoms with Gasteiger partial charge in [0.05, 0.1) is 17.4 Å². The third-order valence-electron chi connectivity index (χ3n) is 6.84. The van der Waals surface area contributed by atoms with E-state index in [1.807, 2.05) is 0 Å². The monoisotopic (exact) mass is 527 g/mol. The summed E-state index contributed by atoms with van der Waals surface area (Å²) < 4.78 is 44.0. The number of alkyl halides is 1. The van der Waals surface area contributed by atoms with Gasteiger partial charge in [0.2, 0.25) is 0 Å². The Hall–Kier alpha value is -4.02. The highest BCUT2D eigenvalue weighted by Gasteiger charge is 2.60. The smallest absolute Gasteiger partial charge is 0.413 e. The van der Waals surface area contributed by atoms with Crippen LogP contribution < -0.4 is 10.2 Å². The molecular weight excluding hydrogens is 499 g/mol. The van der Waals surface area contributed by atoms with Gasteiger partial charge in [0.15, 0.2) is 5.82 Å². The number of benzene rings is 1. The Bertz CT molecular complexity index is 1350. The molecule has 0 spiro atoms. The Morgan fingerprint density at radius 2 is 1.82 bits per heavy atom. The van der Waals surface area contributed by atoms with Crippen LogP contribution in [-0.2, 0) is 5.41 Å². The lowest BCUT2D eigenvalue weighted by atomic mass is 9.55. The summed E-state index contributed by atoms with van der Waals surface area (Å²) in [5, 5.41) is 20.9. The molecule has 0 aliphatic heterocycles. The number of hydrogen-bond acceptors (Lipinski definition) is 5. The Balaban J connectivity index is 1.81. The summed E-state index contributed by atoms with van der Waals surface area (Å²) in [4.78, 5) is 29.8. The lowest BCUT2D eigenvalue weighted by Gasteiger charge is -2.55. The summed E-state index contributed by atoms with van der Waals surface area (Å²) in [6.45, 7) is 5.34. The molecule has 2 aromatic heterocycles. The van der Waals surface area contributed by atoms with Crippen LogP contribution in [0.3, 0.4) is 0 Å². The lowest BCUT2D eigenvalue weighted by Crippen LogP contribution is -2.65. The van der Waals surface area contributed by atoms with E-state index in [1.165, 1.54) is 49.6 Å². The molecule has 2 N–H and O–H groups in total. The van der Waals surface area contributed by atoms with Crippen molar-refractivity contribution in [1.29, 1.82) is 0 Å². The third-order valence-corrected chi connectivity index (χ3v) is 6.84. The van der Waals surface area contributed by atoms with Crippen LogP contribution in [0.15, 0.2) is 48.7 Å². The summed E-state index contributed by atoms with van der Waals surface area (Å²) in [6, 6.07) is 8.18. The number of carbonyl (C=O) groups excluding carboxylic acids is 1. The van der Waals surface area contributed by atoms with E-state index < -0.39 is 46.7 Å². The van der Waals surface area contributed by atoms with Crippen molar-refractivity contribution in [2.75, 3.05) is 11.9 Å². The topological polar surface area (TPSA) is 108 Å². The zero-order chi connectivity index (χ0) is 27.8. The Morgan fingerprint density at radius 3 is 2.34 bits per heavy atom. The second-order valence-electron chi connectivity index (χ2n) is 10.5. The van der Waals surface area contributed by atoms with Gasteiger partial charge in [0, 0.05) is 29.8 Å². The summed E-state index contributed by atoms with van der Waals surface area (Å²) >= 11 is 0. The molecule has 0 radical (unpaired) electrons. The van der Waals surface area contributed by atoms with Gasteiger partial charge >= 0.3 is 6.09 Å². The van der Waals surface area contributed by atoms with Crippen LogP contribution in [0, 0.1) is 17.0 Å². The van der Waals surface area contributed by atoms with Crippen molar-refractivity contribution in [2.24, 2.45) is 5.41 Å². The summed E-state index contributed by atoms with van der Waals surface area (Å²) in [5.41, 5.74) is -1.78. The van der Waals surface area contributed by atoms with Crippen LogP contribution in [0.1, 0.15) is 49.7 Å². The molecule has 4 rings (SSSR count). The van der Waals surface area contributed by atoms with Gasteiger partial charge in [-0.1, -0.05) is 20.8 Å². The number of carbonyl (C=O) groups is 2. The van der Waals surface area contributed by atoms with Crippen molar-refractivity contribution in [3.8, 4) is 11.3 Å². The van der Waals surface area contributed by atoms with Crippen molar-refractivity contribution in [3.63, 3.8) is 0 Å². The van der Waals surface area contributed by atoms with Gasteiger partial charge in [-0.2, -0.15) is 0 Å². The fourth-order valence-electron chi connectivity index (χ4n) is 5.44. The average Bonchev–Trinajstić information content (AvgIpc) is 2.85. The standard InChI is InChI=1S/C27H28F3N5O3/c1-26(2,3)24(27(13-16(28)14-27)22-19(30)6-5-11-32-22)35(25(37)38)21-10-9-20(33-34-21)17-12-15(23(36)31-4)7-8-18(17)29/h5-12,16,24H,13-14H2,1-4H3,(H,31,36)(H,37,38). The normalized spacial score (nSPS) is 19.8. The van der Waals surface area contributed by atoms with Crippen molar-refractivity contribution in [1.82, 2.24) is 20.5 Å². The van der Waals surface area contributed by atoms with Crippen LogP contribution in [0.25, 0.3) is 11.3 Å². The maximum atomic E-state index is 15.0. The number of nitrogens with one attached hydrogen (secondary N) is 1. The van der Waals surface area contributed by atoms with Gasteiger partial charge in [-0.25, -0.2) is 18.0 Å². The van der Waals surface area contributed by atoms with Gasteiger partial charge in [0.1, 0.15) is 17.8 Å². The minimum absolute atomic E-state index is 0.00209.